The molecule has 0 radical (unpaired) electrons. The Balaban J connectivity index is 2.98. The number of halogens is 3. The smallest absolute Gasteiger partial charge is 0.445 e. The van der Waals surface area contributed by atoms with Gasteiger partial charge in [-0.2, -0.15) is 5.10 Å². The van der Waals surface area contributed by atoms with Crippen LogP contribution in [0.25, 0.3) is 6.20 Å². The molecule has 0 amide bonds. The lowest BCUT2D eigenvalue weighted by Crippen LogP contribution is -2.32. The minimum atomic E-state index is -4.92. The summed E-state index contributed by atoms with van der Waals surface area (Å²) in [6, 6.07) is 0. The Bertz CT molecular complexity index is 265. The van der Waals surface area contributed by atoms with E-state index in [-0.39, 0.29) is 0 Å². The van der Waals surface area contributed by atoms with Crippen LogP contribution in [0.4, 0.5) is 12.9 Å². The van der Waals surface area contributed by atoms with Crippen molar-refractivity contribution in [2.75, 3.05) is 0 Å². The van der Waals surface area contributed by atoms with Gasteiger partial charge in [-0.25, -0.2) is 0 Å². The molecule has 0 saturated heterocycles. The van der Waals surface area contributed by atoms with Gasteiger partial charge in [-0.1, -0.05) is 12.0 Å². The fourth-order valence-corrected chi connectivity index (χ4v) is 0.622. The lowest BCUT2D eigenvalue weighted by Gasteiger charge is -2.09. The number of rotatable bonds is 2. The summed E-state index contributed by atoms with van der Waals surface area (Å²) in [5, 5.41) is 3.40. The van der Waals surface area contributed by atoms with Gasteiger partial charge >= 0.3 is 6.98 Å². The van der Waals surface area contributed by atoms with E-state index < -0.39 is 12.4 Å². The third kappa shape index (κ3) is 1.63. The van der Waals surface area contributed by atoms with E-state index in [4.69, 9.17) is 0 Å². The van der Waals surface area contributed by atoms with E-state index >= 15 is 0 Å². The van der Waals surface area contributed by atoms with Gasteiger partial charge in [0.05, 0.1) is 0 Å². The van der Waals surface area contributed by atoms with Crippen LogP contribution >= 0.6 is 0 Å². The molecule has 0 aliphatic carbocycles. The second kappa shape index (κ2) is 2.45. The highest BCUT2D eigenvalue weighted by Crippen LogP contribution is 2.07. The Morgan fingerprint density at radius 2 is 2.18 bits per heavy atom. The van der Waals surface area contributed by atoms with E-state index in [2.05, 4.69) is 11.7 Å². The maximum atomic E-state index is 11.9. The Labute approximate surface area is 61.4 Å². The molecule has 1 rings (SSSR count). The largest absolute Gasteiger partial charge is 0.512 e. The SMILES string of the molecule is C=Cn1cc([B-](F)(F)F)cn1. The number of hydrogen-bond acceptors (Lipinski definition) is 1. The minimum absolute atomic E-state index is 0.704. The molecule has 0 aliphatic heterocycles. The van der Waals surface area contributed by atoms with Gasteiger partial charge < -0.3 is 12.9 Å². The van der Waals surface area contributed by atoms with Gasteiger partial charge in [-0.05, 0) is 0 Å². The van der Waals surface area contributed by atoms with Crippen LogP contribution < -0.4 is 5.46 Å². The standard InChI is InChI=1S/C5H5BF3N2/c1-2-11-4-5(3-10-11)6(7,8)9/h2-4H,1H2/q-1. The Morgan fingerprint density at radius 3 is 2.45 bits per heavy atom. The van der Waals surface area contributed by atoms with Crippen LogP contribution in [0.5, 0.6) is 0 Å². The van der Waals surface area contributed by atoms with Gasteiger partial charge in [0.25, 0.3) is 0 Å². The summed E-state index contributed by atoms with van der Waals surface area (Å²) in [5.74, 6) is 0. The van der Waals surface area contributed by atoms with Crippen molar-refractivity contribution >= 4 is 18.6 Å². The second-order valence-corrected chi connectivity index (χ2v) is 2.01. The highest BCUT2D eigenvalue weighted by molar-refractivity contribution is 6.73. The van der Waals surface area contributed by atoms with E-state index in [0.717, 1.165) is 17.1 Å². The van der Waals surface area contributed by atoms with Crippen molar-refractivity contribution in [3.05, 3.63) is 19.0 Å². The van der Waals surface area contributed by atoms with E-state index in [9.17, 15) is 12.9 Å². The molecule has 0 N–H and O–H groups in total. The fraction of sp³-hybridized carbons (Fsp3) is 0. The summed E-state index contributed by atoms with van der Waals surface area (Å²) in [6.45, 7) is -1.66. The van der Waals surface area contributed by atoms with Gasteiger partial charge in [0.2, 0.25) is 0 Å². The molecule has 6 heteroatoms. The van der Waals surface area contributed by atoms with E-state index in [1.54, 1.807) is 0 Å². The molecule has 0 aliphatic rings. The van der Waals surface area contributed by atoms with Crippen molar-refractivity contribution in [1.82, 2.24) is 9.78 Å². The lowest BCUT2D eigenvalue weighted by molar-refractivity contribution is 0.501. The van der Waals surface area contributed by atoms with Crippen LogP contribution in [-0.4, -0.2) is 16.8 Å². The molecular formula is C5H5BF3N2-. The molecule has 60 valence electrons. The third-order valence-corrected chi connectivity index (χ3v) is 1.19. The minimum Gasteiger partial charge on any atom is -0.445 e. The molecule has 0 aromatic carbocycles. The number of aromatic nitrogens is 2. The lowest BCUT2D eigenvalue weighted by atomic mass is 9.83. The van der Waals surface area contributed by atoms with E-state index in [1.807, 2.05) is 0 Å². The van der Waals surface area contributed by atoms with Crippen molar-refractivity contribution in [1.29, 1.82) is 0 Å². The molecule has 0 spiro atoms. The van der Waals surface area contributed by atoms with Gasteiger partial charge in [0.15, 0.2) is 0 Å². The molecule has 0 saturated carbocycles. The fourth-order valence-electron chi connectivity index (χ4n) is 0.622. The molecule has 0 fully saturated rings. The molecular weight excluding hydrogens is 156 g/mol. The predicted octanol–water partition coefficient (Wildman–Crippen LogP) is 1.04. The molecule has 1 aromatic rings. The normalized spacial score (nSPS) is 11.5. The molecule has 1 aromatic heterocycles. The second-order valence-electron chi connectivity index (χ2n) is 2.01. The van der Waals surface area contributed by atoms with Crippen molar-refractivity contribution in [2.24, 2.45) is 0 Å². The highest BCUT2D eigenvalue weighted by Gasteiger charge is 2.26. The van der Waals surface area contributed by atoms with Gasteiger partial charge in [0.1, 0.15) is 0 Å². The first-order valence-corrected chi connectivity index (χ1v) is 2.90. The molecule has 0 bridgehead atoms. The molecule has 11 heavy (non-hydrogen) atoms. The number of hydrogen-bond donors (Lipinski definition) is 0. The van der Waals surface area contributed by atoms with Crippen LogP contribution in [-0.2, 0) is 0 Å². The zero-order valence-electron chi connectivity index (χ0n) is 5.54. The maximum Gasteiger partial charge on any atom is 0.512 e. The summed E-state index contributed by atoms with van der Waals surface area (Å²) in [4.78, 5) is 0. The van der Waals surface area contributed by atoms with Crippen molar-refractivity contribution in [3.63, 3.8) is 0 Å². The molecule has 0 atom stereocenters. The summed E-state index contributed by atoms with van der Waals surface area (Å²) in [7, 11) is 0. The van der Waals surface area contributed by atoms with Crippen LogP contribution in [0.3, 0.4) is 0 Å². The van der Waals surface area contributed by atoms with Crippen LogP contribution in [0.1, 0.15) is 0 Å². The van der Waals surface area contributed by atoms with Gasteiger partial charge in [-0.15, -0.1) is 0 Å². The number of nitrogens with zero attached hydrogens (tertiary/aromatic N) is 2. The van der Waals surface area contributed by atoms with Crippen molar-refractivity contribution in [2.45, 2.75) is 0 Å². The topological polar surface area (TPSA) is 17.8 Å². The zero-order valence-corrected chi connectivity index (χ0v) is 5.54. The molecule has 1 heterocycles. The third-order valence-electron chi connectivity index (χ3n) is 1.19. The quantitative estimate of drug-likeness (QED) is 0.592. The van der Waals surface area contributed by atoms with E-state index in [1.165, 1.54) is 6.20 Å². The first kappa shape index (κ1) is 7.91. The Kier molecular flexibility index (Phi) is 1.76. The first-order valence-electron chi connectivity index (χ1n) is 2.90. The highest BCUT2D eigenvalue weighted by atomic mass is 19.4. The summed E-state index contributed by atoms with van der Waals surface area (Å²) in [6.07, 6.45) is 2.88. The molecule has 0 unspecified atom stereocenters. The van der Waals surface area contributed by atoms with Gasteiger partial charge in [-0.3, -0.25) is 4.68 Å². The Hall–Kier alpha value is -1.20. The maximum absolute atomic E-state index is 11.9. The predicted molar refractivity (Wildman–Crippen MR) is 37.3 cm³/mol. The molecule has 2 nitrogen and oxygen atoms in total. The van der Waals surface area contributed by atoms with Gasteiger partial charge in [0, 0.05) is 18.6 Å². The zero-order chi connectivity index (χ0) is 8.48. The summed E-state index contributed by atoms with van der Waals surface area (Å²) < 4.78 is 36.8. The van der Waals surface area contributed by atoms with Crippen LogP contribution in [0.15, 0.2) is 19.0 Å². The Morgan fingerprint density at radius 1 is 1.55 bits per heavy atom. The van der Waals surface area contributed by atoms with E-state index in [0.29, 0.717) is 0 Å². The first-order chi connectivity index (χ1) is 5.04. The monoisotopic (exact) mass is 161 g/mol. The van der Waals surface area contributed by atoms with Crippen LogP contribution in [0, 0.1) is 0 Å². The van der Waals surface area contributed by atoms with Crippen LogP contribution in [0.2, 0.25) is 0 Å². The summed E-state index contributed by atoms with van der Waals surface area (Å²) in [5.41, 5.74) is -0.704. The van der Waals surface area contributed by atoms with Crippen molar-refractivity contribution < 1.29 is 12.9 Å². The summed E-state index contributed by atoms with van der Waals surface area (Å²) >= 11 is 0. The average Bonchev–Trinajstić information content (AvgIpc) is 2.32. The average molecular weight is 161 g/mol. The van der Waals surface area contributed by atoms with Crippen molar-refractivity contribution in [3.8, 4) is 0 Å².